The molecule has 0 aliphatic heterocycles. The van der Waals surface area contributed by atoms with Crippen molar-refractivity contribution in [3.63, 3.8) is 0 Å². The van der Waals surface area contributed by atoms with Crippen LogP contribution in [-0.4, -0.2) is 32.0 Å². The van der Waals surface area contributed by atoms with Gasteiger partial charge in [0.15, 0.2) is 0 Å². The number of fused-ring (bicyclic) bond motifs is 1. The van der Waals surface area contributed by atoms with Crippen LogP contribution < -0.4 is 11.1 Å². The highest BCUT2D eigenvalue weighted by Gasteiger charge is 2.25. The maximum atomic E-state index is 10.0. The van der Waals surface area contributed by atoms with Crippen molar-refractivity contribution in [3.8, 4) is 5.69 Å². The molecular weight excluding hydrogens is 290 g/mol. The van der Waals surface area contributed by atoms with Gasteiger partial charge >= 0.3 is 0 Å². The van der Waals surface area contributed by atoms with Crippen LogP contribution in [-0.2, 0) is 0 Å². The second kappa shape index (κ2) is 5.55. The summed E-state index contributed by atoms with van der Waals surface area (Å²) in [5, 5.41) is 18.7. The van der Waals surface area contributed by atoms with Gasteiger partial charge in [0.2, 0.25) is 0 Å². The van der Waals surface area contributed by atoms with E-state index in [1.807, 2.05) is 36.5 Å². The van der Waals surface area contributed by atoms with Crippen molar-refractivity contribution in [2.24, 2.45) is 0 Å². The third-order valence-corrected chi connectivity index (χ3v) is 4.40. The molecule has 2 heterocycles. The lowest BCUT2D eigenvalue weighted by atomic mass is 10.1. The second-order valence-electron chi connectivity index (χ2n) is 6.00. The van der Waals surface area contributed by atoms with Gasteiger partial charge in [-0.1, -0.05) is 0 Å². The largest absolute Gasteiger partial charge is 0.391 e. The number of nitrogens with one attached hydrogen (secondary N) is 1. The molecule has 2 atom stereocenters. The first kappa shape index (κ1) is 14.0. The first-order valence-electron chi connectivity index (χ1n) is 7.85. The number of rotatable bonds is 3. The highest BCUT2D eigenvalue weighted by Crippen LogP contribution is 2.30. The van der Waals surface area contributed by atoms with Crippen LogP contribution in [0.25, 0.3) is 16.6 Å². The molecule has 0 unspecified atom stereocenters. The molecule has 0 saturated heterocycles. The maximum Gasteiger partial charge on any atom is 0.126 e. The van der Waals surface area contributed by atoms with Crippen LogP contribution in [0.15, 0.2) is 42.7 Å². The van der Waals surface area contributed by atoms with E-state index in [1.165, 1.54) is 0 Å². The van der Waals surface area contributed by atoms with Gasteiger partial charge < -0.3 is 16.2 Å². The fraction of sp³-hybridized carbons (Fsp3) is 0.294. The number of anilines is 2. The Hall–Kier alpha value is -2.60. The fourth-order valence-corrected chi connectivity index (χ4v) is 3.23. The number of nitrogens with two attached hydrogens (primary N) is 1. The Morgan fingerprint density at radius 1 is 1.26 bits per heavy atom. The van der Waals surface area contributed by atoms with Crippen LogP contribution in [0.4, 0.5) is 11.5 Å². The number of hydrogen-bond acceptors (Lipinski definition) is 5. The Labute approximate surface area is 133 Å². The molecular formula is C17H19N5O. The molecule has 1 aliphatic rings. The predicted octanol–water partition coefficient (Wildman–Crippen LogP) is 2.33. The van der Waals surface area contributed by atoms with Crippen LogP contribution >= 0.6 is 0 Å². The van der Waals surface area contributed by atoms with Crippen LogP contribution in [0.2, 0.25) is 0 Å². The van der Waals surface area contributed by atoms with Crippen LogP contribution in [0.3, 0.4) is 0 Å². The Morgan fingerprint density at radius 2 is 2.17 bits per heavy atom. The Morgan fingerprint density at radius 3 is 2.91 bits per heavy atom. The number of aliphatic hydroxyl groups excluding tert-OH is 1. The lowest BCUT2D eigenvalue weighted by Gasteiger charge is -2.19. The van der Waals surface area contributed by atoms with E-state index >= 15 is 0 Å². The van der Waals surface area contributed by atoms with Gasteiger partial charge in [0.05, 0.1) is 23.3 Å². The summed E-state index contributed by atoms with van der Waals surface area (Å²) in [6, 6.07) is 9.78. The van der Waals surface area contributed by atoms with Gasteiger partial charge in [-0.05, 0) is 43.5 Å². The molecule has 4 rings (SSSR count). The van der Waals surface area contributed by atoms with E-state index in [1.54, 1.807) is 10.9 Å². The van der Waals surface area contributed by atoms with Crippen molar-refractivity contribution in [1.82, 2.24) is 14.8 Å². The van der Waals surface area contributed by atoms with Crippen molar-refractivity contribution in [2.45, 2.75) is 31.4 Å². The number of hydrogen-bond donors (Lipinski definition) is 3. The normalized spacial score (nSPS) is 20.9. The maximum absolute atomic E-state index is 10.0. The van der Waals surface area contributed by atoms with Gasteiger partial charge in [0.25, 0.3) is 0 Å². The van der Waals surface area contributed by atoms with E-state index in [0.717, 1.165) is 41.5 Å². The topological polar surface area (TPSA) is 89.0 Å². The summed E-state index contributed by atoms with van der Waals surface area (Å²) in [4.78, 5) is 4.43. The van der Waals surface area contributed by atoms with Crippen molar-refractivity contribution in [3.05, 3.63) is 42.7 Å². The third kappa shape index (κ3) is 2.61. The monoisotopic (exact) mass is 309 g/mol. The molecule has 4 N–H and O–H groups in total. The molecule has 1 aromatic carbocycles. The van der Waals surface area contributed by atoms with Gasteiger partial charge in [0, 0.05) is 29.5 Å². The number of pyridine rings is 1. The summed E-state index contributed by atoms with van der Waals surface area (Å²) in [5.74, 6) is 0.463. The molecule has 6 nitrogen and oxygen atoms in total. The molecule has 1 fully saturated rings. The van der Waals surface area contributed by atoms with E-state index < -0.39 is 0 Å². The SMILES string of the molecule is Nc1cc(N[C@H]2CCC[C@H]2O)c2ccc(-n3cccn3)cc2n1. The summed E-state index contributed by atoms with van der Waals surface area (Å²) >= 11 is 0. The summed E-state index contributed by atoms with van der Waals surface area (Å²) < 4.78 is 1.79. The lowest BCUT2D eigenvalue weighted by Crippen LogP contribution is -2.28. The quantitative estimate of drug-likeness (QED) is 0.691. The smallest absolute Gasteiger partial charge is 0.126 e. The second-order valence-corrected chi connectivity index (χ2v) is 6.00. The third-order valence-electron chi connectivity index (χ3n) is 4.40. The van der Waals surface area contributed by atoms with Crippen molar-refractivity contribution >= 4 is 22.4 Å². The molecule has 6 heteroatoms. The zero-order chi connectivity index (χ0) is 15.8. The molecule has 0 amide bonds. The average Bonchev–Trinajstić information content (AvgIpc) is 3.19. The summed E-state index contributed by atoms with van der Waals surface area (Å²) in [7, 11) is 0. The predicted molar refractivity (Wildman–Crippen MR) is 90.5 cm³/mol. The molecule has 2 aromatic heterocycles. The molecule has 0 radical (unpaired) electrons. The highest BCUT2D eigenvalue weighted by atomic mass is 16.3. The summed E-state index contributed by atoms with van der Waals surface area (Å²) in [6.45, 7) is 0. The Kier molecular flexibility index (Phi) is 3.38. The van der Waals surface area contributed by atoms with E-state index in [-0.39, 0.29) is 12.1 Å². The highest BCUT2D eigenvalue weighted by molar-refractivity contribution is 5.94. The Balaban J connectivity index is 1.76. The van der Waals surface area contributed by atoms with Crippen LogP contribution in [0, 0.1) is 0 Å². The average molecular weight is 309 g/mol. The number of nitrogens with zero attached hydrogens (tertiary/aromatic N) is 3. The molecule has 0 spiro atoms. The van der Waals surface area contributed by atoms with E-state index in [2.05, 4.69) is 15.4 Å². The molecule has 0 bridgehead atoms. The summed E-state index contributed by atoms with van der Waals surface area (Å²) in [5.41, 5.74) is 8.64. The number of benzene rings is 1. The van der Waals surface area contributed by atoms with Gasteiger partial charge in [-0.25, -0.2) is 9.67 Å². The molecule has 118 valence electrons. The zero-order valence-electron chi connectivity index (χ0n) is 12.7. The van der Waals surface area contributed by atoms with Gasteiger partial charge in [0.1, 0.15) is 5.82 Å². The first-order chi connectivity index (χ1) is 11.2. The van der Waals surface area contributed by atoms with E-state index in [9.17, 15) is 5.11 Å². The van der Waals surface area contributed by atoms with Gasteiger partial charge in [-0.15, -0.1) is 0 Å². The molecule has 1 saturated carbocycles. The lowest BCUT2D eigenvalue weighted by molar-refractivity contribution is 0.172. The van der Waals surface area contributed by atoms with E-state index in [0.29, 0.717) is 5.82 Å². The number of aromatic nitrogens is 3. The fourth-order valence-electron chi connectivity index (χ4n) is 3.23. The minimum absolute atomic E-state index is 0.0748. The molecule has 23 heavy (non-hydrogen) atoms. The van der Waals surface area contributed by atoms with Gasteiger partial charge in [-0.3, -0.25) is 0 Å². The van der Waals surface area contributed by atoms with Crippen molar-refractivity contribution in [1.29, 1.82) is 0 Å². The van der Waals surface area contributed by atoms with Crippen molar-refractivity contribution < 1.29 is 5.11 Å². The van der Waals surface area contributed by atoms with Crippen LogP contribution in [0.5, 0.6) is 0 Å². The molecule has 3 aromatic rings. The van der Waals surface area contributed by atoms with E-state index in [4.69, 9.17) is 5.73 Å². The summed E-state index contributed by atoms with van der Waals surface area (Å²) in [6.07, 6.45) is 6.19. The minimum atomic E-state index is -0.303. The minimum Gasteiger partial charge on any atom is -0.391 e. The zero-order valence-corrected chi connectivity index (χ0v) is 12.7. The number of aliphatic hydroxyl groups is 1. The van der Waals surface area contributed by atoms with Crippen LogP contribution in [0.1, 0.15) is 19.3 Å². The standard InChI is InChI=1S/C17H19N5O/c18-17-10-15(20-13-3-1-4-16(13)23)12-6-5-11(9-14(12)21-17)22-8-2-7-19-22/h2,5-10,13,16,23H,1,3-4H2,(H3,18,20,21)/t13-,16+/m0/s1. The molecule has 1 aliphatic carbocycles. The van der Waals surface area contributed by atoms with Gasteiger partial charge in [-0.2, -0.15) is 5.10 Å². The number of nitrogen functional groups attached to an aromatic ring is 1. The first-order valence-corrected chi connectivity index (χ1v) is 7.85. The Bertz CT molecular complexity index is 830. The van der Waals surface area contributed by atoms with Crippen molar-refractivity contribution in [2.75, 3.05) is 11.1 Å².